The lowest BCUT2D eigenvalue weighted by Crippen LogP contribution is -2.03. The summed E-state index contributed by atoms with van der Waals surface area (Å²) in [6.45, 7) is 0. The van der Waals surface area contributed by atoms with Crippen LogP contribution in [0.3, 0.4) is 0 Å². The topological polar surface area (TPSA) is 50.2 Å². The average Bonchev–Trinajstić information content (AvgIpc) is 2.32. The minimum absolute atomic E-state index is 0.238. The molecule has 98 valence electrons. The standard InChI is InChI=1S/C13H8Cl3NO2/c14-7-1-2-8(10(16)5-7)11-4-3-9(15)12(17-11)6-13(18)19/h1-5H,6H2,(H,18,19). The van der Waals surface area contributed by atoms with Crippen LogP contribution >= 0.6 is 34.8 Å². The predicted molar refractivity (Wildman–Crippen MR) is 76.0 cm³/mol. The highest BCUT2D eigenvalue weighted by atomic mass is 35.5. The highest BCUT2D eigenvalue weighted by Gasteiger charge is 2.11. The van der Waals surface area contributed by atoms with Crippen LogP contribution in [0.15, 0.2) is 30.3 Å². The molecule has 0 atom stereocenters. The number of benzene rings is 1. The molecular formula is C13H8Cl3NO2. The van der Waals surface area contributed by atoms with Gasteiger partial charge in [-0.2, -0.15) is 0 Å². The van der Waals surface area contributed by atoms with E-state index in [1.807, 2.05) is 0 Å². The zero-order valence-electron chi connectivity index (χ0n) is 9.53. The summed E-state index contributed by atoms with van der Waals surface area (Å²) >= 11 is 17.8. The van der Waals surface area contributed by atoms with Gasteiger partial charge in [-0.1, -0.05) is 34.8 Å². The smallest absolute Gasteiger partial charge is 0.309 e. The quantitative estimate of drug-likeness (QED) is 0.916. The molecule has 0 unspecified atom stereocenters. The highest BCUT2D eigenvalue weighted by molar-refractivity contribution is 6.36. The van der Waals surface area contributed by atoms with Gasteiger partial charge < -0.3 is 5.11 Å². The molecule has 0 amide bonds. The number of nitrogens with zero attached hydrogens (tertiary/aromatic N) is 1. The molecule has 3 nitrogen and oxygen atoms in total. The zero-order chi connectivity index (χ0) is 14.0. The van der Waals surface area contributed by atoms with E-state index in [9.17, 15) is 4.79 Å². The summed E-state index contributed by atoms with van der Waals surface area (Å²) in [7, 11) is 0. The first-order chi connectivity index (χ1) is 8.97. The van der Waals surface area contributed by atoms with Crippen LogP contribution in [0.5, 0.6) is 0 Å². The number of aliphatic carboxylic acids is 1. The van der Waals surface area contributed by atoms with Crippen LogP contribution in [-0.2, 0) is 11.2 Å². The number of aromatic nitrogens is 1. The van der Waals surface area contributed by atoms with Gasteiger partial charge in [-0.15, -0.1) is 0 Å². The first-order valence-corrected chi connectivity index (χ1v) is 6.43. The number of pyridine rings is 1. The van der Waals surface area contributed by atoms with E-state index in [1.165, 1.54) is 0 Å². The maximum Gasteiger partial charge on any atom is 0.309 e. The Balaban J connectivity index is 2.48. The van der Waals surface area contributed by atoms with Crippen LogP contribution in [0.1, 0.15) is 5.69 Å². The van der Waals surface area contributed by atoms with Gasteiger partial charge >= 0.3 is 5.97 Å². The van der Waals surface area contributed by atoms with Gasteiger partial charge in [0.1, 0.15) is 0 Å². The molecule has 0 saturated carbocycles. The number of carbonyl (C=O) groups is 1. The first-order valence-electron chi connectivity index (χ1n) is 5.30. The predicted octanol–water partition coefficient (Wildman–Crippen LogP) is 4.34. The third kappa shape index (κ3) is 3.38. The fraction of sp³-hybridized carbons (Fsp3) is 0.0769. The Bertz CT molecular complexity index is 644. The maximum atomic E-state index is 10.7. The summed E-state index contributed by atoms with van der Waals surface area (Å²) in [5.74, 6) is -0.992. The summed E-state index contributed by atoms with van der Waals surface area (Å²) in [6.07, 6.45) is -0.238. The summed E-state index contributed by atoms with van der Waals surface area (Å²) in [5.41, 5.74) is 1.54. The molecule has 1 aromatic heterocycles. The van der Waals surface area contributed by atoms with Crippen molar-refractivity contribution in [3.8, 4) is 11.3 Å². The molecule has 0 aliphatic heterocycles. The second-order valence-corrected chi connectivity index (χ2v) is 5.07. The van der Waals surface area contributed by atoms with Crippen molar-refractivity contribution in [1.29, 1.82) is 0 Å². The second kappa shape index (κ2) is 5.78. The van der Waals surface area contributed by atoms with Gasteiger partial charge in [0.2, 0.25) is 0 Å². The van der Waals surface area contributed by atoms with Gasteiger partial charge in [0.05, 0.1) is 27.9 Å². The third-order valence-electron chi connectivity index (χ3n) is 2.44. The van der Waals surface area contributed by atoms with Crippen LogP contribution < -0.4 is 0 Å². The van der Waals surface area contributed by atoms with Crippen molar-refractivity contribution in [1.82, 2.24) is 4.98 Å². The molecule has 0 aliphatic rings. The van der Waals surface area contributed by atoms with E-state index in [-0.39, 0.29) is 6.42 Å². The molecular weight excluding hydrogens is 309 g/mol. The first kappa shape index (κ1) is 14.1. The summed E-state index contributed by atoms with van der Waals surface area (Å²) in [4.78, 5) is 15.0. The van der Waals surface area contributed by atoms with E-state index in [2.05, 4.69) is 4.98 Å². The fourth-order valence-corrected chi connectivity index (χ4v) is 2.28. The molecule has 2 aromatic rings. The Hall–Kier alpha value is -1.29. The molecule has 19 heavy (non-hydrogen) atoms. The molecule has 2 rings (SSSR count). The molecule has 1 N–H and O–H groups in total. The summed E-state index contributed by atoms with van der Waals surface area (Å²) in [6, 6.07) is 8.31. The van der Waals surface area contributed by atoms with Gasteiger partial charge in [-0.25, -0.2) is 0 Å². The van der Waals surface area contributed by atoms with Crippen LogP contribution in [0.2, 0.25) is 15.1 Å². The Morgan fingerprint density at radius 3 is 2.47 bits per heavy atom. The number of rotatable bonds is 3. The van der Waals surface area contributed by atoms with Crippen molar-refractivity contribution in [3.05, 3.63) is 51.1 Å². The average molecular weight is 317 g/mol. The van der Waals surface area contributed by atoms with Crippen LogP contribution in [0.4, 0.5) is 0 Å². The van der Waals surface area contributed by atoms with E-state index in [0.29, 0.717) is 32.0 Å². The Morgan fingerprint density at radius 1 is 1.11 bits per heavy atom. The lowest BCUT2D eigenvalue weighted by atomic mass is 10.1. The lowest BCUT2D eigenvalue weighted by molar-refractivity contribution is -0.136. The molecule has 0 saturated heterocycles. The molecule has 1 heterocycles. The van der Waals surface area contributed by atoms with Gasteiger partial charge in [0.15, 0.2) is 0 Å². The van der Waals surface area contributed by atoms with Gasteiger partial charge in [-0.3, -0.25) is 9.78 Å². The Kier molecular flexibility index (Phi) is 4.30. The molecule has 0 spiro atoms. The number of halogens is 3. The molecule has 6 heteroatoms. The summed E-state index contributed by atoms with van der Waals surface area (Å²) in [5, 5.41) is 10.1. The number of hydrogen-bond donors (Lipinski definition) is 1. The van der Waals surface area contributed by atoms with Gasteiger partial charge in [0, 0.05) is 10.6 Å². The van der Waals surface area contributed by atoms with E-state index < -0.39 is 5.97 Å². The molecule has 0 radical (unpaired) electrons. The van der Waals surface area contributed by atoms with Crippen molar-refractivity contribution >= 4 is 40.8 Å². The van der Waals surface area contributed by atoms with Crippen molar-refractivity contribution in [2.75, 3.05) is 0 Å². The molecule has 1 aromatic carbocycles. The SMILES string of the molecule is O=C(O)Cc1nc(-c2ccc(Cl)cc2Cl)ccc1Cl. The van der Waals surface area contributed by atoms with Crippen molar-refractivity contribution in [2.45, 2.75) is 6.42 Å². The van der Waals surface area contributed by atoms with Gasteiger partial charge in [0.25, 0.3) is 0 Å². The number of carboxylic acids is 1. The minimum Gasteiger partial charge on any atom is -0.481 e. The zero-order valence-corrected chi connectivity index (χ0v) is 11.8. The van der Waals surface area contributed by atoms with E-state index in [4.69, 9.17) is 39.9 Å². The monoisotopic (exact) mass is 315 g/mol. The fourth-order valence-electron chi connectivity index (χ4n) is 1.60. The minimum atomic E-state index is -0.992. The van der Waals surface area contributed by atoms with E-state index in [1.54, 1.807) is 30.3 Å². The number of carboxylic acid groups (broad SMARTS) is 1. The van der Waals surface area contributed by atoms with Crippen molar-refractivity contribution in [2.24, 2.45) is 0 Å². The highest BCUT2D eigenvalue weighted by Crippen LogP contribution is 2.30. The number of hydrogen-bond acceptors (Lipinski definition) is 2. The van der Waals surface area contributed by atoms with Crippen LogP contribution in [0, 0.1) is 0 Å². The van der Waals surface area contributed by atoms with Gasteiger partial charge in [-0.05, 0) is 30.3 Å². The third-order valence-corrected chi connectivity index (χ3v) is 3.34. The largest absolute Gasteiger partial charge is 0.481 e. The molecule has 0 fully saturated rings. The van der Waals surface area contributed by atoms with E-state index >= 15 is 0 Å². The van der Waals surface area contributed by atoms with Crippen molar-refractivity contribution in [3.63, 3.8) is 0 Å². The Morgan fingerprint density at radius 2 is 1.84 bits per heavy atom. The maximum absolute atomic E-state index is 10.7. The van der Waals surface area contributed by atoms with E-state index in [0.717, 1.165) is 0 Å². The van der Waals surface area contributed by atoms with Crippen molar-refractivity contribution < 1.29 is 9.90 Å². The lowest BCUT2D eigenvalue weighted by Gasteiger charge is -2.07. The van der Waals surface area contributed by atoms with Crippen LogP contribution in [-0.4, -0.2) is 16.1 Å². The van der Waals surface area contributed by atoms with Crippen LogP contribution in [0.25, 0.3) is 11.3 Å². The summed E-state index contributed by atoms with van der Waals surface area (Å²) < 4.78 is 0. The molecule has 0 bridgehead atoms. The molecule has 0 aliphatic carbocycles. The second-order valence-electron chi connectivity index (χ2n) is 3.82. The Labute approximate surface area is 124 Å². The normalized spacial score (nSPS) is 10.5.